The molecule has 0 bridgehead atoms. The quantitative estimate of drug-likeness (QED) is 0.391. The van der Waals surface area contributed by atoms with Crippen molar-refractivity contribution in [3.05, 3.63) is 90.2 Å². The van der Waals surface area contributed by atoms with Gasteiger partial charge in [-0.2, -0.15) is 0 Å². The molecule has 0 fully saturated rings. The Kier molecular flexibility index (Phi) is 7.76. The molecule has 0 saturated heterocycles. The third-order valence-electron chi connectivity index (χ3n) is 4.55. The molecule has 0 spiro atoms. The maximum atomic E-state index is 6.05. The fourth-order valence-electron chi connectivity index (χ4n) is 3.08. The second-order valence-electron chi connectivity index (χ2n) is 8.73. The lowest BCUT2D eigenvalue weighted by atomic mass is 9.98. The topological polar surface area (TPSA) is 25.6 Å². The Labute approximate surface area is 186 Å². The summed E-state index contributed by atoms with van der Waals surface area (Å²) >= 11 is 0. The first-order valence-corrected chi connectivity index (χ1v) is 10.6. The molecule has 0 aliphatic carbocycles. The van der Waals surface area contributed by atoms with Crippen LogP contribution in [-0.2, 0) is 13.2 Å². The number of allylic oxidation sites excluding steroid dienone is 1. The molecule has 0 N–H and O–H groups in total. The van der Waals surface area contributed by atoms with Crippen molar-refractivity contribution in [2.45, 2.75) is 33.9 Å². The van der Waals surface area contributed by atoms with Gasteiger partial charge >= 0.3 is 0 Å². The SMILES string of the molecule is CN(C/C=C/C#CC(C)(C)C)Cc1cccc(OCc2cccc(-c3ccco3)c2)c1. The molecule has 0 aliphatic heterocycles. The van der Waals surface area contributed by atoms with Crippen LogP contribution in [0.4, 0.5) is 0 Å². The number of hydrogen-bond donors (Lipinski definition) is 0. The van der Waals surface area contributed by atoms with Crippen molar-refractivity contribution in [2.75, 3.05) is 13.6 Å². The van der Waals surface area contributed by atoms with E-state index in [2.05, 4.69) is 74.9 Å². The van der Waals surface area contributed by atoms with E-state index >= 15 is 0 Å². The zero-order chi connectivity index (χ0) is 22.1. The minimum atomic E-state index is 0.0385. The minimum Gasteiger partial charge on any atom is -0.489 e. The zero-order valence-corrected chi connectivity index (χ0v) is 18.9. The highest BCUT2D eigenvalue weighted by Gasteiger charge is 2.05. The molecule has 3 rings (SSSR count). The molecule has 2 aromatic carbocycles. The lowest BCUT2D eigenvalue weighted by Gasteiger charge is -2.15. The van der Waals surface area contributed by atoms with Crippen molar-refractivity contribution in [3.63, 3.8) is 0 Å². The van der Waals surface area contributed by atoms with Crippen LogP contribution in [0.15, 0.2) is 83.5 Å². The van der Waals surface area contributed by atoms with Gasteiger partial charge in [0.05, 0.1) is 6.26 Å². The number of hydrogen-bond acceptors (Lipinski definition) is 3. The van der Waals surface area contributed by atoms with Crippen LogP contribution in [0.3, 0.4) is 0 Å². The Morgan fingerprint density at radius 1 is 1.00 bits per heavy atom. The molecule has 3 nitrogen and oxygen atoms in total. The van der Waals surface area contributed by atoms with Crippen molar-refractivity contribution in [2.24, 2.45) is 5.41 Å². The molecule has 1 heterocycles. The van der Waals surface area contributed by atoms with Crippen LogP contribution in [0.5, 0.6) is 5.75 Å². The third kappa shape index (κ3) is 7.85. The Morgan fingerprint density at radius 2 is 1.81 bits per heavy atom. The first-order chi connectivity index (χ1) is 14.9. The van der Waals surface area contributed by atoms with Gasteiger partial charge in [-0.25, -0.2) is 0 Å². The van der Waals surface area contributed by atoms with Gasteiger partial charge in [0.1, 0.15) is 18.1 Å². The molecule has 31 heavy (non-hydrogen) atoms. The summed E-state index contributed by atoms with van der Waals surface area (Å²) < 4.78 is 11.5. The predicted octanol–water partition coefficient (Wildman–Crippen LogP) is 6.56. The summed E-state index contributed by atoms with van der Waals surface area (Å²) in [6.07, 6.45) is 5.74. The molecule has 0 unspecified atom stereocenters. The predicted molar refractivity (Wildman–Crippen MR) is 128 cm³/mol. The van der Waals surface area contributed by atoms with Crippen molar-refractivity contribution in [3.8, 4) is 28.9 Å². The molecule has 0 atom stereocenters. The summed E-state index contributed by atoms with van der Waals surface area (Å²) in [6.45, 7) is 8.56. The lowest BCUT2D eigenvalue weighted by molar-refractivity contribution is 0.304. The van der Waals surface area contributed by atoms with Gasteiger partial charge in [-0.05, 0) is 75.4 Å². The molecular formula is C28H31NO2. The van der Waals surface area contributed by atoms with Crippen LogP contribution < -0.4 is 4.74 Å². The largest absolute Gasteiger partial charge is 0.489 e. The van der Waals surface area contributed by atoms with Crippen LogP contribution in [0.1, 0.15) is 31.9 Å². The number of ether oxygens (including phenoxy) is 1. The molecule has 1 aromatic heterocycles. The van der Waals surface area contributed by atoms with Crippen LogP contribution in [0.25, 0.3) is 11.3 Å². The molecule has 0 amide bonds. The van der Waals surface area contributed by atoms with Crippen LogP contribution in [0.2, 0.25) is 0 Å². The number of rotatable bonds is 8. The fraction of sp³-hybridized carbons (Fsp3) is 0.286. The maximum Gasteiger partial charge on any atom is 0.133 e. The van der Waals surface area contributed by atoms with Crippen molar-refractivity contribution >= 4 is 0 Å². The van der Waals surface area contributed by atoms with E-state index in [0.29, 0.717) is 6.61 Å². The summed E-state index contributed by atoms with van der Waals surface area (Å²) in [5.74, 6) is 8.07. The highest BCUT2D eigenvalue weighted by Crippen LogP contribution is 2.22. The monoisotopic (exact) mass is 413 g/mol. The van der Waals surface area contributed by atoms with Crippen molar-refractivity contribution in [1.82, 2.24) is 4.90 Å². The molecule has 160 valence electrons. The molecule has 0 radical (unpaired) electrons. The van der Waals surface area contributed by atoms with Gasteiger partial charge in [0.2, 0.25) is 0 Å². The smallest absolute Gasteiger partial charge is 0.133 e. The fourth-order valence-corrected chi connectivity index (χ4v) is 3.08. The molecule has 0 aliphatic rings. The van der Waals surface area contributed by atoms with Crippen LogP contribution >= 0.6 is 0 Å². The van der Waals surface area contributed by atoms with Gasteiger partial charge in [0.15, 0.2) is 0 Å². The first kappa shape index (κ1) is 22.5. The van der Waals surface area contributed by atoms with Crippen LogP contribution in [-0.4, -0.2) is 18.5 Å². The first-order valence-electron chi connectivity index (χ1n) is 10.6. The Hall–Kier alpha value is -3.22. The second-order valence-corrected chi connectivity index (χ2v) is 8.73. The number of likely N-dealkylation sites (N-methyl/N-ethyl adjacent to an activating group) is 1. The van der Waals surface area contributed by atoms with Gasteiger partial charge < -0.3 is 9.15 Å². The van der Waals surface area contributed by atoms with Gasteiger partial charge in [-0.15, -0.1) is 0 Å². The summed E-state index contributed by atoms with van der Waals surface area (Å²) in [7, 11) is 2.11. The lowest BCUT2D eigenvalue weighted by Crippen LogP contribution is -2.17. The Bertz CT molecular complexity index is 1050. The van der Waals surface area contributed by atoms with Crippen molar-refractivity contribution in [1.29, 1.82) is 0 Å². The minimum absolute atomic E-state index is 0.0385. The van der Waals surface area contributed by atoms with Gasteiger partial charge in [-0.1, -0.05) is 48.2 Å². The second kappa shape index (κ2) is 10.7. The van der Waals surface area contributed by atoms with E-state index in [4.69, 9.17) is 9.15 Å². The van der Waals surface area contributed by atoms with E-state index < -0.39 is 0 Å². The number of furan rings is 1. The Morgan fingerprint density at radius 3 is 2.58 bits per heavy atom. The third-order valence-corrected chi connectivity index (χ3v) is 4.55. The molecular weight excluding hydrogens is 382 g/mol. The summed E-state index contributed by atoms with van der Waals surface area (Å²) in [4.78, 5) is 2.25. The van der Waals surface area contributed by atoms with Crippen molar-refractivity contribution < 1.29 is 9.15 Å². The average Bonchev–Trinajstić information content (AvgIpc) is 3.27. The highest BCUT2D eigenvalue weighted by atomic mass is 16.5. The van der Waals surface area contributed by atoms with E-state index in [1.807, 2.05) is 42.5 Å². The molecule has 0 saturated carbocycles. The van der Waals surface area contributed by atoms with E-state index in [-0.39, 0.29) is 5.41 Å². The van der Waals surface area contributed by atoms with E-state index in [1.54, 1.807) is 6.26 Å². The van der Waals surface area contributed by atoms with Gasteiger partial charge in [0, 0.05) is 24.1 Å². The summed E-state index contributed by atoms with van der Waals surface area (Å²) in [6, 6.07) is 20.4. The zero-order valence-electron chi connectivity index (χ0n) is 18.9. The van der Waals surface area contributed by atoms with Crippen LogP contribution in [0, 0.1) is 17.3 Å². The van der Waals surface area contributed by atoms with E-state index in [9.17, 15) is 0 Å². The molecule has 3 heteroatoms. The maximum absolute atomic E-state index is 6.05. The van der Waals surface area contributed by atoms with E-state index in [0.717, 1.165) is 35.7 Å². The number of nitrogens with zero attached hydrogens (tertiary/aromatic N) is 1. The Balaban J connectivity index is 1.53. The van der Waals surface area contributed by atoms with Gasteiger partial charge in [0.25, 0.3) is 0 Å². The summed E-state index contributed by atoms with van der Waals surface area (Å²) in [5.41, 5.74) is 3.43. The standard InChI is InChI=1S/C28H31NO2/c1-28(2,3)16-6-5-7-17-29(4)21-23-11-9-14-26(20-23)31-22-24-12-8-13-25(19-24)27-15-10-18-30-27/h5,7-15,18-20H,17,21-22H2,1-4H3/b7-5+. The van der Waals surface area contributed by atoms with E-state index in [1.165, 1.54) is 5.56 Å². The van der Waals surface area contributed by atoms with Gasteiger partial charge in [-0.3, -0.25) is 4.90 Å². The average molecular weight is 414 g/mol. The summed E-state index contributed by atoms with van der Waals surface area (Å²) in [5, 5.41) is 0. The molecule has 3 aromatic rings. The number of benzene rings is 2. The highest BCUT2D eigenvalue weighted by molar-refractivity contribution is 5.58. The normalized spacial score (nSPS) is 11.5.